The zero-order valence-electron chi connectivity index (χ0n) is 15.7. The van der Waals surface area contributed by atoms with Crippen molar-refractivity contribution in [1.29, 1.82) is 0 Å². The lowest BCUT2D eigenvalue weighted by molar-refractivity contribution is 0.00809. The maximum absolute atomic E-state index is 13.5. The van der Waals surface area contributed by atoms with Crippen molar-refractivity contribution >= 4 is 0 Å². The van der Waals surface area contributed by atoms with Crippen LogP contribution in [0, 0.1) is 17.8 Å². The van der Waals surface area contributed by atoms with Crippen LogP contribution in [0.2, 0.25) is 0 Å². The zero-order valence-corrected chi connectivity index (χ0v) is 15.7. The molecular formula is C21H33F3O. The fraction of sp³-hybridized carbons (Fsp3) is 0.810. The summed E-state index contributed by atoms with van der Waals surface area (Å²) in [4.78, 5) is 0. The van der Waals surface area contributed by atoms with E-state index in [1.807, 2.05) is 6.92 Å². The molecule has 0 saturated heterocycles. The first-order chi connectivity index (χ1) is 12.0. The Hall–Kier alpha value is -0.770. The molecule has 2 atom stereocenters. The Morgan fingerprint density at radius 1 is 1.04 bits per heavy atom. The van der Waals surface area contributed by atoms with Crippen LogP contribution >= 0.6 is 0 Å². The van der Waals surface area contributed by atoms with Crippen LogP contribution in [0.15, 0.2) is 23.6 Å². The topological polar surface area (TPSA) is 9.23 Å². The van der Waals surface area contributed by atoms with E-state index in [9.17, 15) is 13.2 Å². The van der Waals surface area contributed by atoms with Gasteiger partial charge in [-0.1, -0.05) is 51.4 Å². The smallest absolute Gasteiger partial charge is 0.189 e. The summed E-state index contributed by atoms with van der Waals surface area (Å²) < 4.78 is 45.2. The van der Waals surface area contributed by atoms with Gasteiger partial charge in [-0.2, -0.15) is 0 Å². The minimum Gasteiger partial charge on any atom is -0.378 e. The number of ether oxygens (including phenoxy) is 1. The quantitative estimate of drug-likeness (QED) is 0.396. The summed E-state index contributed by atoms with van der Waals surface area (Å²) in [5.41, 5.74) is 0. The first-order valence-corrected chi connectivity index (χ1v) is 9.96. The molecule has 0 radical (unpaired) electrons. The third kappa shape index (κ3) is 6.80. The van der Waals surface area contributed by atoms with Crippen molar-refractivity contribution in [3.63, 3.8) is 0 Å². The maximum Gasteiger partial charge on any atom is 0.189 e. The molecule has 0 amide bonds. The third-order valence-electron chi connectivity index (χ3n) is 5.91. The maximum atomic E-state index is 13.5. The van der Waals surface area contributed by atoms with Crippen LogP contribution in [0.25, 0.3) is 0 Å². The second-order valence-electron chi connectivity index (χ2n) is 7.97. The minimum absolute atomic E-state index is 0.189. The standard InChI is InChI=1S/C21H33F3O/c1-15(11-12-20(23)21(24)16(2)22)25-14-19(13-17-7-6-8-17)18-9-4-3-5-10-18/h12,15,17-19H,3-11,13-14H2,1-2H3/b20-12+,21-16-. The van der Waals surface area contributed by atoms with Gasteiger partial charge in [0.15, 0.2) is 11.7 Å². The van der Waals surface area contributed by atoms with Crippen molar-refractivity contribution in [3.05, 3.63) is 23.6 Å². The molecule has 2 saturated carbocycles. The van der Waals surface area contributed by atoms with E-state index < -0.39 is 17.5 Å². The normalized spacial score (nSPS) is 23.8. The highest BCUT2D eigenvalue weighted by Crippen LogP contribution is 2.39. The van der Waals surface area contributed by atoms with Gasteiger partial charge in [0, 0.05) is 0 Å². The Morgan fingerprint density at radius 2 is 1.72 bits per heavy atom. The zero-order chi connectivity index (χ0) is 18.2. The second kappa shape index (κ2) is 10.4. The SMILES string of the molecule is C/C(F)=C(F)\C(F)=C/CC(C)OCC(CC1CCC1)C1CCCCC1. The molecule has 144 valence electrons. The average molecular weight is 358 g/mol. The second-order valence-corrected chi connectivity index (χ2v) is 7.97. The Labute approximate surface area is 150 Å². The molecule has 2 fully saturated rings. The van der Waals surface area contributed by atoms with E-state index >= 15 is 0 Å². The van der Waals surface area contributed by atoms with Gasteiger partial charge in [-0.05, 0) is 50.5 Å². The molecule has 2 rings (SSSR count). The van der Waals surface area contributed by atoms with Crippen molar-refractivity contribution in [1.82, 2.24) is 0 Å². The van der Waals surface area contributed by atoms with Gasteiger partial charge in [-0.15, -0.1) is 0 Å². The predicted molar refractivity (Wildman–Crippen MR) is 96.2 cm³/mol. The molecule has 2 aliphatic carbocycles. The lowest BCUT2D eigenvalue weighted by Crippen LogP contribution is -2.28. The predicted octanol–water partition coefficient (Wildman–Crippen LogP) is 7.19. The summed E-state index contributed by atoms with van der Waals surface area (Å²) in [7, 11) is 0. The van der Waals surface area contributed by atoms with Crippen LogP contribution in [0.5, 0.6) is 0 Å². The van der Waals surface area contributed by atoms with Crippen molar-refractivity contribution < 1.29 is 17.9 Å². The van der Waals surface area contributed by atoms with Gasteiger partial charge in [-0.3, -0.25) is 0 Å². The molecule has 1 nitrogen and oxygen atoms in total. The molecule has 2 unspecified atom stereocenters. The number of allylic oxidation sites excluding steroid dienone is 3. The van der Waals surface area contributed by atoms with Crippen LogP contribution in [-0.2, 0) is 4.74 Å². The van der Waals surface area contributed by atoms with Crippen LogP contribution in [0.3, 0.4) is 0 Å². The number of hydrogen-bond donors (Lipinski definition) is 0. The molecule has 2 aliphatic rings. The van der Waals surface area contributed by atoms with E-state index in [0.29, 0.717) is 12.5 Å². The van der Waals surface area contributed by atoms with Gasteiger partial charge in [0.1, 0.15) is 5.83 Å². The fourth-order valence-electron chi connectivity index (χ4n) is 4.04. The molecular weight excluding hydrogens is 325 g/mol. The van der Waals surface area contributed by atoms with Gasteiger partial charge in [0.25, 0.3) is 0 Å². The molecule has 0 aromatic rings. The van der Waals surface area contributed by atoms with E-state index in [4.69, 9.17) is 4.74 Å². The molecule has 25 heavy (non-hydrogen) atoms. The van der Waals surface area contributed by atoms with Gasteiger partial charge in [0.05, 0.1) is 12.7 Å². The summed E-state index contributed by atoms with van der Waals surface area (Å²) in [6.45, 7) is 3.49. The van der Waals surface area contributed by atoms with Crippen molar-refractivity contribution in [3.8, 4) is 0 Å². The third-order valence-corrected chi connectivity index (χ3v) is 5.91. The van der Waals surface area contributed by atoms with Crippen molar-refractivity contribution in [2.75, 3.05) is 6.61 Å². The lowest BCUT2D eigenvalue weighted by Gasteiger charge is -2.36. The first kappa shape index (κ1) is 20.5. The highest BCUT2D eigenvalue weighted by atomic mass is 19.2. The Balaban J connectivity index is 1.81. The number of rotatable bonds is 9. The number of hydrogen-bond acceptors (Lipinski definition) is 1. The summed E-state index contributed by atoms with van der Waals surface area (Å²) in [5, 5.41) is 0. The van der Waals surface area contributed by atoms with E-state index in [2.05, 4.69) is 0 Å². The van der Waals surface area contributed by atoms with Crippen molar-refractivity contribution in [2.24, 2.45) is 17.8 Å². The largest absolute Gasteiger partial charge is 0.378 e. The molecule has 4 heteroatoms. The summed E-state index contributed by atoms with van der Waals surface area (Å²) in [6, 6.07) is 0. The monoisotopic (exact) mass is 358 g/mol. The van der Waals surface area contributed by atoms with Crippen LogP contribution in [-0.4, -0.2) is 12.7 Å². The Bertz CT molecular complexity index is 458. The number of halogens is 3. The highest BCUT2D eigenvalue weighted by molar-refractivity contribution is 5.20. The molecule has 0 bridgehead atoms. The fourth-order valence-corrected chi connectivity index (χ4v) is 4.04. The molecule has 0 aromatic heterocycles. The molecule has 0 heterocycles. The van der Waals surface area contributed by atoms with Gasteiger partial charge >= 0.3 is 0 Å². The summed E-state index contributed by atoms with van der Waals surface area (Å²) in [5.74, 6) is -1.46. The van der Waals surface area contributed by atoms with E-state index in [1.165, 1.54) is 57.8 Å². The highest BCUT2D eigenvalue weighted by Gasteiger charge is 2.29. The lowest BCUT2D eigenvalue weighted by atomic mass is 9.72. The van der Waals surface area contributed by atoms with E-state index in [1.54, 1.807) is 0 Å². The molecule has 0 spiro atoms. The van der Waals surface area contributed by atoms with Crippen LogP contribution in [0.1, 0.15) is 78.1 Å². The summed E-state index contributed by atoms with van der Waals surface area (Å²) in [6.07, 6.45) is 13.1. The van der Waals surface area contributed by atoms with Crippen molar-refractivity contribution in [2.45, 2.75) is 84.2 Å². The van der Waals surface area contributed by atoms with E-state index in [0.717, 1.165) is 24.8 Å². The summed E-state index contributed by atoms with van der Waals surface area (Å²) >= 11 is 0. The minimum atomic E-state index is -1.41. The Kier molecular flexibility index (Phi) is 8.54. The van der Waals surface area contributed by atoms with Gasteiger partial charge < -0.3 is 4.74 Å². The van der Waals surface area contributed by atoms with Crippen LogP contribution in [0.4, 0.5) is 13.2 Å². The van der Waals surface area contributed by atoms with E-state index in [-0.39, 0.29) is 12.5 Å². The average Bonchev–Trinajstić information content (AvgIpc) is 2.58. The Morgan fingerprint density at radius 3 is 2.28 bits per heavy atom. The van der Waals surface area contributed by atoms with Crippen LogP contribution < -0.4 is 0 Å². The van der Waals surface area contributed by atoms with Gasteiger partial charge in [-0.25, -0.2) is 13.2 Å². The van der Waals surface area contributed by atoms with Gasteiger partial charge in [0.2, 0.25) is 0 Å². The molecule has 0 N–H and O–H groups in total. The molecule has 0 aromatic carbocycles. The molecule has 0 aliphatic heterocycles. The first-order valence-electron chi connectivity index (χ1n) is 9.96.